The van der Waals surface area contributed by atoms with Gasteiger partial charge < -0.3 is 5.11 Å². The fraction of sp³-hybridized carbons (Fsp3) is 0.529. The number of hydrogen-bond acceptors (Lipinski definition) is 2. The molecule has 0 atom stereocenters. The monoisotopic (exact) mass is 290 g/mol. The maximum Gasteiger partial charge on any atom is 0.339 e. The lowest BCUT2D eigenvalue weighted by Crippen LogP contribution is -1.99. The van der Waals surface area contributed by atoms with Crippen LogP contribution in [0.25, 0.3) is 12.3 Å². The van der Waals surface area contributed by atoms with Crippen LogP contribution in [0.5, 0.6) is 0 Å². The van der Waals surface area contributed by atoms with Crippen molar-refractivity contribution >= 4 is 18.2 Å². The first-order chi connectivity index (χ1) is 10.1. The number of allylic oxidation sites excluding steroid dienone is 1. The number of nitrogens with zero attached hydrogens (tertiary/aromatic N) is 2. The van der Waals surface area contributed by atoms with Gasteiger partial charge in [0, 0.05) is 6.20 Å². The highest BCUT2D eigenvalue weighted by Crippen LogP contribution is 2.21. The molecule has 1 fully saturated rings. The van der Waals surface area contributed by atoms with E-state index in [-0.39, 0.29) is 5.56 Å². The van der Waals surface area contributed by atoms with Crippen molar-refractivity contribution in [2.24, 2.45) is 5.92 Å². The predicted molar refractivity (Wildman–Crippen MR) is 87.1 cm³/mol. The SMILES string of the molecule is C=Cc1c(C(=O)O)cnn1/C=C\C.CC1CCCCCC1. The zero-order chi connectivity index (χ0) is 15.7. The average Bonchev–Trinajstić information content (AvgIpc) is 2.71. The molecule has 21 heavy (non-hydrogen) atoms. The highest BCUT2D eigenvalue weighted by atomic mass is 16.4. The highest BCUT2D eigenvalue weighted by molar-refractivity contribution is 5.91. The largest absolute Gasteiger partial charge is 0.478 e. The van der Waals surface area contributed by atoms with Crippen molar-refractivity contribution in [2.75, 3.05) is 0 Å². The maximum absolute atomic E-state index is 10.7. The van der Waals surface area contributed by atoms with Gasteiger partial charge in [0.05, 0.1) is 11.9 Å². The summed E-state index contributed by atoms with van der Waals surface area (Å²) in [5.41, 5.74) is 0.652. The molecule has 0 unspecified atom stereocenters. The third-order valence-corrected chi connectivity index (χ3v) is 3.69. The second-order valence-electron chi connectivity index (χ2n) is 5.48. The van der Waals surface area contributed by atoms with Gasteiger partial charge in [-0.1, -0.05) is 58.1 Å². The summed E-state index contributed by atoms with van der Waals surface area (Å²) in [6, 6.07) is 0. The highest BCUT2D eigenvalue weighted by Gasteiger charge is 2.12. The van der Waals surface area contributed by atoms with Crippen molar-refractivity contribution < 1.29 is 9.90 Å². The molecule has 0 saturated heterocycles. The van der Waals surface area contributed by atoms with E-state index in [2.05, 4.69) is 18.6 Å². The molecule has 1 aromatic rings. The van der Waals surface area contributed by atoms with Crippen LogP contribution in [0.2, 0.25) is 0 Å². The van der Waals surface area contributed by atoms with Crippen molar-refractivity contribution in [3.05, 3.63) is 30.1 Å². The fourth-order valence-electron chi connectivity index (χ4n) is 2.48. The Hall–Kier alpha value is -1.84. The van der Waals surface area contributed by atoms with Gasteiger partial charge in [0.2, 0.25) is 0 Å². The number of hydrogen-bond donors (Lipinski definition) is 1. The molecule has 0 aliphatic heterocycles. The Morgan fingerprint density at radius 3 is 2.48 bits per heavy atom. The Kier molecular flexibility index (Phi) is 7.51. The predicted octanol–water partition coefficient (Wildman–Crippen LogP) is 4.69. The van der Waals surface area contributed by atoms with Gasteiger partial charge in [-0.3, -0.25) is 0 Å². The molecular weight excluding hydrogens is 264 g/mol. The number of carbonyl (C=O) groups is 1. The van der Waals surface area contributed by atoms with E-state index in [1.807, 2.05) is 6.92 Å². The van der Waals surface area contributed by atoms with E-state index in [1.54, 1.807) is 12.3 Å². The lowest BCUT2D eigenvalue weighted by atomic mass is 10.0. The van der Waals surface area contributed by atoms with Crippen molar-refractivity contribution in [3.8, 4) is 0 Å². The van der Waals surface area contributed by atoms with E-state index in [0.29, 0.717) is 5.69 Å². The Morgan fingerprint density at radius 2 is 2.00 bits per heavy atom. The van der Waals surface area contributed by atoms with E-state index in [4.69, 9.17) is 5.11 Å². The number of rotatable bonds is 3. The van der Waals surface area contributed by atoms with Gasteiger partial charge in [-0.2, -0.15) is 5.10 Å². The normalized spacial score (nSPS) is 16.1. The molecule has 1 saturated carbocycles. The Balaban J connectivity index is 0.000000235. The first-order valence-corrected chi connectivity index (χ1v) is 7.66. The molecule has 1 N–H and O–H groups in total. The molecule has 1 heterocycles. The lowest BCUT2D eigenvalue weighted by Gasteiger charge is -2.02. The molecule has 0 amide bonds. The van der Waals surface area contributed by atoms with Crippen molar-refractivity contribution in [1.29, 1.82) is 0 Å². The van der Waals surface area contributed by atoms with Crippen LogP contribution in [0.3, 0.4) is 0 Å². The minimum Gasteiger partial charge on any atom is -0.478 e. The van der Waals surface area contributed by atoms with Gasteiger partial charge in [0.1, 0.15) is 5.56 Å². The lowest BCUT2D eigenvalue weighted by molar-refractivity contribution is 0.0696. The number of aromatic carboxylic acids is 1. The first-order valence-electron chi connectivity index (χ1n) is 7.66. The van der Waals surface area contributed by atoms with Crippen LogP contribution < -0.4 is 0 Å². The summed E-state index contributed by atoms with van der Waals surface area (Å²) >= 11 is 0. The van der Waals surface area contributed by atoms with Crippen molar-refractivity contribution in [1.82, 2.24) is 9.78 Å². The van der Waals surface area contributed by atoms with E-state index in [9.17, 15) is 4.79 Å². The molecule has 0 bridgehead atoms. The number of carboxylic acid groups (broad SMARTS) is 1. The molecular formula is C17H26N2O2. The van der Waals surface area contributed by atoms with Crippen LogP contribution in [0.1, 0.15) is 68.4 Å². The Morgan fingerprint density at radius 1 is 1.38 bits per heavy atom. The summed E-state index contributed by atoms with van der Waals surface area (Å²) in [7, 11) is 0. The van der Waals surface area contributed by atoms with Crippen LogP contribution in [0.4, 0.5) is 0 Å². The minimum absolute atomic E-state index is 0.160. The van der Waals surface area contributed by atoms with E-state index in [1.165, 1.54) is 55.5 Å². The van der Waals surface area contributed by atoms with Gasteiger partial charge in [-0.05, 0) is 18.9 Å². The summed E-state index contributed by atoms with van der Waals surface area (Å²) in [4.78, 5) is 10.7. The van der Waals surface area contributed by atoms with Crippen LogP contribution in [-0.4, -0.2) is 20.9 Å². The summed E-state index contributed by atoms with van der Waals surface area (Å²) in [6.45, 7) is 7.74. The smallest absolute Gasteiger partial charge is 0.339 e. The van der Waals surface area contributed by atoms with E-state index < -0.39 is 5.97 Å². The third kappa shape index (κ3) is 5.58. The molecule has 0 radical (unpaired) electrons. The second-order valence-corrected chi connectivity index (χ2v) is 5.48. The van der Waals surface area contributed by atoms with Crippen molar-refractivity contribution in [2.45, 2.75) is 52.4 Å². The molecule has 2 rings (SSSR count). The van der Waals surface area contributed by atoms with E-state index >= 15 is 0 Å². The summed E-state index contributed by atoms with van der Waals surface area (Å²) in [6.07, 6.45) is 15.1. The minimum atomic E-state index is -0.995. The zero-order valence-electron chi connectivity index (χ0n) is 13.1. The summed E-state index contributed by atoms with van der Waals surface area (Å²) in [5.74, 6) is 0.0307. The standard InChI is InChI=1S/C9H10N2O2.C8H16/c1-3-5-11-8(4-2)7(6-10-11)9(12)13;1-8-6-4-2-3-5-7-8/h3-6H,2H2,1H3,(H,12,13);8H,2-7H2,1H3/b5-3-;. The van der Waals surface area contributed by atoms with Crippen LogP contribution in [-0.2, 0) is 0 Å². The molecule has 116 valence electrons. The Labute approximate surface area is 127 Å². The van der Waals surface area contributed by atoms with Gasteiger partial charge in [-0.25, -0.2) is 9.48 Å². The third-order valence-electron chi connectivity index (χ3n) is 3.69. The van der Waals surface area contributed by atoms with Crippen LogP contribution in [0.15, 0.2) is 18.9 Å². The fourth-order valence-corrected chi connectivity index (χ4v) is 2.48. The van der Waals surface area contributed by atoms with Crippen LogP contribution >= 0.6 is 0 Å². The van der Waals surface area contributed by atoms with Gasteiger partial charge in [0.25, 0.3) is 0 Å². The molecule has 0 aromatic carbocycles. The van der Waals surface area contributed by atoms with Gasteiger partial charge in [0.15, 0.2) is 0 Å². The molecule has 4 heteroatoms. The maximum atomic E-state index is 10.7. The summed E-state index contributed by atoms with van der Waals surface area (Å²) in [5, 5.41) is 12.6. The average molecular weight is 290 g/mol. The van der Waals surface area contributed by atoms with Crippen molar-refractivity contribution in [3.63, 3.8) is 0 Å². The van der Waals surface area contributed by atoms with E-state index in [0.717, 1.165) is 5.92 Å². The molecule has 1 aliphatic carbocycles. The van der Waals surface area contributed by atoms with Gasteiger partial charge in [-0.15, -0.1) is 0 Å². The Bertz CT molecular complexity index is 481. The molecule has 4 nitrogen and oxygen atoms in total. The number of carboxylic acids is 1. The molecule has 1 aromatic heterocycles. The molecule has 1 aliphatic rings. The topological polar surface area (TPSA) is 55.1 Å². The number of aromatic nitrogens is 2. The van der Waals surface area contributed by atoms with Crippen LogP contribution in [0, 0.1) is 5.92 Å². The van der Waals surface area contributed by atoms with Gasteiger partial charge >= 0.3 is 5.97 Å². The molecule has 0 spiro atoms. The second kappa shape index (κ2) is 9.16. The quantitative estimate of drug-likeness (QED) is 0.821. The first kappa shape index (κ1) is 17.2. The summed E-state index contributed by atoms with van der Waals surface area (Å²) < 4.78 is 1.47. The zero-order valence-corrected chi connectivity index (χ0v) is 13.1.